The summed E-state index contributed by atoms with van der Waals surface area (Å²) in [7, 11) is 1.19. The van der Waals surface area contributed by atoms with Crippen molar-refractivity contribution >= 4 is 11.8 Å². The number of rotatable bonds is 3. The molecule has 0 bridgehead atoms. The molecule has 2 rings (SSSR count). The predicted molar refractivity (Wildman–Crippen MR) is 71.7 cm³/mol. The summed E-state index contributed by atoms with van der Waals surface area (Å²) in [5.74, 6) is -2.93. The first-order chi connectivity index (χ1) is 11.2. The van der Waals surface area contributed by atoms with Gasteiger partial charge in [0.05, 0.1) is 7.11 Å². The highest BCUT2D eigenvalue weighted by Crippen LogP contribution is 2.29. The average molecular weight is 344 g/mol. The summed E-state index contributed by atoms with van der Waals surface area (Å²) >= 11 is 0. The molecule has 0 saturated carbocycles. The summed E-state index contributed by atoms with van der Waals surface area (Å²) < 4.78 is 41.4. The number of alkyl halides is 3. The molecule has 11 heteroatoms. The second-order valence-electron chi connectivity index (χ2n) is 4.44. The highest BCUT2D eigenvalue weighted by molar-refractivity contribution is 5.95. The molecule has 128 valence electrons. The molecule has 1 N–H and O–H groups in total. The Bertz CT molecular complexity index is 742. The molecule has 0 unspecified atom stereocenters. The minimum absolute atomic E-state index is 0.140. The summed E-state index contributed by atoms with van der Waals surface area (Å²) in [6.07, 6.45) is -4.73. The summed E-state index contributed by atoms with van der Waals surface area (Å²) in [5.41, 5.74) is 2.55. The fourth-order valence-electron chi connectivity index (χ4n) is 1.64. The van der Waals surface area contributed by atoms with Gasteiger partial charge in [-0.3, -0.25) is 14.4 Å². The molecule has 0 aliphatic heterocycles. The number of amides is 2. The number of nitrogens with zero attached hydrogens (tertiary/aromatic N) is 3. The van der Waals surface area contributed by atoms with Crippen molar-refractivity contribution in [1.29, 1.82) is 0 Å². The molecular formula is C13H11F3N4O4. The lowest BCUT2D eigenvalue weighted by molar-refractivity contribution is -0.185. The van der Waals surface area contributed by atoms with Gasteiger partial charge in [0.2, 0.25) is 5.82 Å². The van der Waals surface area contributed by atoms with Crippen LogP contribution in [0, 0.1) is 0 Å². The van der Waals surface area contributed by atoms with Crippen LogP contribution in [0.5, 0.6) is 0 Å². The van der Waals surface area contributed by atoms with Crippen LogP contribution in [-0.2, 0) is 15.8 Å². The van der Waals surface area contributed by atoms with Crippen LogP contribution in [0.3, 0.4) is 0 Å². The Kier molecular flexibility index (Phi) is 4.83. The van der Waals surface area contributed by atoms with Crippen LogP contribution in [0.4, 0.5) is 13.2 Å². The molecule has 0 aliphatic carbocycles. The van der Waals surface area contributed by atoms with E-state index in [1.54, 1.807) is 0 Å². The van der Waals surface area contributed by atoms with E-state index in [9.17, 15) is 22.8 Å². The lowest BCUT2D eigenvalue weighted by Crippen LogP contribution is -2.44. The van der Waals surface area contributed by atoms with Gasteiger partial charge in [-0.05, 0) is 12.1 Å². The first-order valence-corrected chi connectivity index (χ1v) is 6.39. The lowest BCUT2D eigenvalue weighted by Gasteiger charge is -2.18. The van der Waals surface area contributed by atoms with Crippen molar-refractivity contribution < 1.29 is 32.1 Å². The van der Waals surface area contributed by atoms with Gasteiger partial charge in [-0.2, -0.15) is 18.2 Å². The van der Waals surface area contributed by atoms with Crippen LogP contribution in [0.15, 0.2) is 28.8 Å². The number of hydrogen-bond donors (Lipinski definition) is 1. The van der Waals surface area contributed by atoms with E-state index in [4.69, 9.17) is 0 Å². The number of aromatic nitrogens is 2. The molecule has 8 nitrogen and oxygen atoms in total. The van der Waals surface area contributed by atoms with Gasteiger partial charge in [-0.1, -0.05) is 17.3 Å². The van der Waals surface area contributed by atoms with Gasteiger partial charge in [0.25, 0.3) is 11.8 Å². The van der Waals surface area contributed by atoms with Crippen LogP contribution in [0.25, 0.3) is 11.4 Å². The average Bonchev–Trinajstić information content (AvgIpc) is 3.02. The first-order valence-electron chi connectivity index (χ1n) is 6.39. The number of hydrazine groups is 1. The summed E-state index contributed by atoms with van der Waals surface area (Å²) in [6, 6.07) is 5.32. The fraction of sp³-hybridized carbons (Fsp3) is 0.231. The molecule has 0 fully saturated rings. The van der Waals surface area contributed by atoms with Gasteiger partial charge in [-0.15, -0.1) is 5.17 Å². The molecule has 0 aliphatic rings. The van der Waals surface area contributed by atoms with Crippen LogP contribution >= 0.6 is 0 Å². The molecule has 2 amide bonds. The topological polar surface area (TPSA) is 97.6 Å². The normalized spacial score (nSPS) is 11.2. The highest BCUT2D eigenvalue weighted by Gasteiger charge is 2.38. The smallest absolute Gasteiger partial charge is 0.329 e. The summed E-state index contributed by atoms with van der Waals surface area (Å²) in [6.45, 7) is 1.18. The second kappa shape index (κ2) is 6.66. The Labute approximate surface area is 133 Å². The second-order valence-corrected chi connectivity index (χ2v) is 4.44. The zero-order chi connectivity index (χ0) is 17.9. The van der Waals surface area contributed by atoms with E-state index in [2.05, 4.69) is 24.9 Å². The van der Waals surface area contributed by atoms with E-state index in [1.807, 2.05) is 0 Å². The Morgan fingerprint density at radius 3 is 2.33 bits per heavy atom. The van der Waals surface area contributed by atoms with Crippen molar-refractivity contribution in [2.75, 3.05) is 7.11 Å². The molecule has 1 heterocycles. The third-order valence-corrected chi connectivity index (χ3v) is 2.75. The van der Waals surface area contributed by atoms with Crippen LogP contribution < -0.4 is 5.43 Å². The fourth-order valence-corrected chi connectivity index (χ4v) is 1.64. The zero-order valence-corrected chi connectivity index (χ0v) is 12.4. The van der Waals surface area contributed by atoms with E-state index in [0.717, 1.165) is 0 Å². The largest absolute Gasteiger partial charge is 0.471 e. The monoisotopic (exact) mass is 344 g/mol. The molecule has 1 aromatic carbocycles. The van der Waals surface area contributed by atoms with E-state index >= 15 is 0 Å². The standard InChI is InChI=1S/C13H11F3N4O4/c1-7(21)20(23-2)18-11(22)9-5-3-8(4-6-9)10-17-12(24-19-10)13(14,15)16/h3-6H,1-2H3,(H,18,22). The highest BCUT2D eigenvalue weighted by atomic mass is 19.4. The first kappa shape index (κ1) is 17.4. The molecular weight excluding hydrogens is 333 g/mol. The van der Waals surface area contributed by atoms with Crippen molar-refractivity contribution in [3.63, 3.8) is 0 Å². The quantitative estimate of drug-likeness (QED) is 0.853. The van der Waals surface area contributed by atoms with Gasteiger partial charge >= 0.3 is 12.1 Å². The summed E-state index contributed by atoms with van der Waals surface area (Å²) in [5, 5.41) is 3.86. The number of carbonyl (C=O) groups is 2. The maximum atomic E-state index is 12.4. The van der Waals surface area contributed by atoms with Gasteiger partial charge in [-0.25, -0.2) is 5.43 Å². The predicted octanol–water partition coefficient (Wildman–Crippen LogP) is 1.81. The molecule has 0 atom stereocenters. The van der Waals surface area contributed by atoms with E-state index < -0.39 is 23.9 Å². The van der Waals surface area contributed by atoms with Gasteiger partial charge < -0.3 is 4.52 Å². The molecule has 0 spiro atoms. The summed E-state index contributed by atoms with van der Waals surface area (Å²) in [4.78, 5) is 30.9. The van der Waals surface area contributed by atoms with Crippen molar-refractivity contribution in [2.24, 2.45) is 0 Å². The van der Waals surface area contributed by atoms with Crippen LogP contribution in [0.2, 0.25) is 0 Å². The van der Waals surface area contributed by atoms with E-state index in [1.165, 1.54) is 38.3 Å². The lowest BCUT2D eigenvalue weighted by atomic mass is 10.1. The van der Waals surface area contributed by atoms with Crippen molar-refractivity contribution in [2.45, 2.75) is 13.1 Å². The minimum atomic E-state index is -4.73. The van der Waals surface area contributed by atoms with Crippen molar-refractivity contribution in [1.82, 2.24) is 20.7 Å². The maximum absolute atomic E-state index is 12.4. The third kappa shape index (κ3) is 3.87. The molecule has 24 heavy (non-hydrogen) atoms. The number of hydroxylamine groups is 1. The third-order valence-electron chi connectivity index (χ3n) is 2.75. The van der Waals surface area contributed by atoms with Crippen LogP contribution in [0.1, 0.15) is 23.2 Å². The van der Waals surface area contributed by atoms with Gasteiger partial charge in [0, 0.05) is 18.1 Å². The van der Waals surface area contributed by atoms with Gasteiger partial charge in [0.1, 0.15) is 0 Å². The van der Waals surface area contributed by atoms with Crippen molar-refractivity contribution in [3.8, 4) is 11.4 Å². The minimum Gasteiger partial charge on any atom is -0.329 e. The maximum Gasteiger partial charge on any atom is 0.471 e. The molecule has 2 aromatic rings. The molecule has 1 aromatic heterocycles. The molecule has 0 saturated heterocycles. The van der Waals surface area contributed by atoms with E-state index in [0.29, 0.717) is 5.17 Å². The Morgan fingerprint density at radius 2 is 1.88 bits per heavy atom. The van der Waals surface area contributed by atoms with Gasteiger partial charge in [0.15, 0.2) is 0 Å². The Morgan fingerprint density at radius 1 is 1.25 bits per heavy atom. The SMILES string of the molecule is CON(NC(=O)c1ccc(-c2noc(C(F)(F)F)n2)cc1)C(C)=O. The Balaban J connectivity index is 2.14. The number of nitrogens with one attached hydrogen (secondary N) is 1. The number of hydrogen-bond acceptors (Lipinski definition) is 6. The number of carbonyl (C=O) groups excluding carboxylic acids is 2. The van der Waals surface area contributed by atoms with E-state index in [-0.39, 0.29) is 17.0 Å². The number of halogens is 3. The number of benzene rings is 1. The van der Waals surface area contributed by atoms with Crippen molar-refractivity contribution in [3.05, 3.63) is 35.7 Å². The molecule has 0 radical (unpaired) electrons. The Hall–Kier alpha value is -2.95. The van der Waals surface area contributed by atoms with Crippen LogP contribution in [-0.4, -0.2) is 34.2 Å². The zero-order valence-electron chi connectivity index (χ0n) is 12.4.